The van der Waals surface area contributed by atoms with Gasteiger partial charge in [-0.05, 0) is 57.5 Å². The van der Waals surface area contributed by atoms with Gasteiger partial charge in [0, 0.05) is 18.1 Å². The molecular weight excluding hydrogens is 220 g/mol. The number of hydrogen-bond acceptors (Lipinski definition) is 2. The van der Waals surface area contributed by atoms with Crippen molar-refractivity contribution in [1.29, 1.82) is 0 Å². The maximum atomic E-state index is 3.63. The van der Waals surface area contributed by atoms with Crippen molar-refractivity contribution in [3.63, 3.8) is 0 Å². The Labute approximate surface area is 114 Å². The molecule has 0 aromatic rings. The average Bonchev–Trinajstić information content (AvgIpc) is 2.27. The smallest absolute Gasteiger partial charge is 0.0271 e. The van der Waals surface area contributed by atoms with E-state index in [2.05, 4.69) is 45.0 Å². The number of likely N-dealkylation sites (tertiary alicyclic amines) is 1. The van der Waals surface area contributed by atoms with E-state index in [9.17, 15) is 0 Å². The van der Waals surface area contributed by atoms with Crippen LogP contribution in [0.25, 0.3) is 0 Å². The second-order valence-electron chi connectivity index (χ2n) is 7.43. The summed E-state index contributed by atoms with van der Waals surface area (Å²) in [5, 5.41) is 3.63. The first-order valence-electron chi connectivity index (χ1n) is 7.88. The standard InChI is InChI=1S/C16H32N2/c1-12-8-10-18(13(2)11-12)14-7-6-9-16(3,4)15(14)17-5/h12-15,17H,6-11H2,1-5H3. The lowest BCUT2D eigenvalue weighted by Crippen LogP contribution is -2.61. The van der Waals surface area contributed by atoms with E-state index < -0.39 is 0 Å². The topological polar surface area (TPSA) is 15.3 Å². The molecule has 1 N–H and O–H groups in total. The molecule has 2 nitrogen and oxygen atoms in total. The van der Waals surface area contributed by atoms with Gasteiger partial charge in [-0.3, -0.25) is 4.90 Å². The van der Waals surface area contributed by atoms with Crippen LogP contribution in [0.5, 0.6) is 0 Å². The van der Waals surface area contributed by atoms with Crippen LogP contribution in [0.15, 0.2) is 0 Å². The van der Waals surface area contributed by atoms with Crippen molar-refractivity contribution in [3.8, 4) is 0 Å². The first kappa shape index (κ1) is 14.3. The van der Waals surface area contributed by atoms with Crippen LogP contribution in [0.2, 0.25) is 0 Å². The van der Waals surface area contributed by atoms with E-state index in [4.69, 9.17) is 0 Å². The van der Waals surface area contributed by atoms with Crippen molar-refractivity contribution in [2.24, 2.45) is 11.3 Å². The molecule has 1 saturated heterocycles. The van der Waals surface area contributed by atoms with Crippen molar-refractivity contribution in [1.82, 2.24) is 10.2 Å². The lowest BCUT2D eigenvalue weighted by molar-refractivity contribution is 0.00500. The van der Waals surface area contributed by atoms with E-state index in [1.54, 1.807) is 0 Å². The number of nitrogens with one attached hydrogen (secondary N) is 1. The number of likely N-dealkylation sites (N-methyl/N-ethyl adjacent to an activating group) is 1. The second kappa shape index (κ2) is 5.50. The van der Waals surface area contributed by atoms with Crippen LogP contribution in [-0.2, 0) is 0 Å². The van der Waals surface area contributed by atoms with Crippen molar-refractivity contribution in [2.75, 3.05) is 13.6 Å². The summed E-state index contributed by atoms with van der Waals surface area (Å²) < 4.78 is 0. The number of rotatable bonds is 2. The minimum Gasteiger partial charge on any atom is -0.315 e. The molecule has 106 valence electrons. The Morgan fingerprint density at radius 1 is 1.17 bits per heavy atom. The molecule has 1 aliphatic heterocycles. The lowest BCUT2D eigenvalue weighted by Gasteiger charge is -2.51. The fraction of sp³-hybridized carbons (Fsp3) is 1.00. The normalized spacial score (nSPS) is 41.8. The molecule has 2 aliphatic rings. The summed E-state index contributed by atoms with van der Waals surface area (Å²) in [5.74, 6) is 0.917. The predicted molar refractivity (Wildman–Crippen MR) is 78.8 cm³/mol. The van der Waals surface area contributed by atoms with Gasteiger partial charge in [0.2, 0.25) is 0 Å². The van der Waals surface area contributed by atoms with Crippen LogP contribution in [0.3, 0.4) is 0 Å². The molecule has 0 radical (unpaired) electrons. The largest absolute Gasteiger partial charge is 0.315 e. The Balaban J connectivity index is 2.10. The fourth-order valence-corrected chi connectivity index (χ4v) is 4.47. The molecule has 2 heteroatoms. The summed E-state index contributed by atoms with van der Waals surface area (Å²) in [6, 6.07) is 2.17. The number of piperidine rings is 1. The number of hydrogen-bond donors (Lipinski definition) is 1. The Morgan fingerprint density at radius 3 is 2.50 bits per heavy atom. The summed E-state index contributed by atoms with van der Waals surface area (Å²) in [7, 11) is 2.15. The summed E-state index contributed by atoms with van der Waals surface area (Å²) >= 11 is 0. The summed E-state index contributed by atoms with van der Waals surface area (Å²) in [5.41, 5.74) is 0.445. The molecule has 2 rings (SSSR count). The highest BCUT2D eigenvalue weighted by atomic mass is 15.2. The van der Waals surface area contributed by atoms with Crippen molar-refractivity contribution in [3.05, 3.63) is 0 Å². The highest BCUT2D eigenvalue weighted by Gasteiger charge is 2.42. The van der Waals surface area contributed by atoms with Crippen molar-refractivity contribution >= 4 is 0 Å². The molecule has 4 atom stereocenters. The molecule has 2 fully saturated rings. The molecule has 0 spiro atoms. The molecule has 0 aromatic heterocycles. The van der Waals surface area contributed by atoms with Gasteiger partial charge in [-0.2, -0.15) is 0 Å². The molecule has 1 saturated carbocycles. The van der Waals surface area contributed by atoms with Gasteiger partial charge < -0.3 is 5.32 Å². The van der Waals surface area contributed by atoms with E-state index in [1.807, 2.05) is 0 Å². The average molecular weight is 252 g/mol. The van der Waals surface area contributed by atoms with Crippen LogP contribution in [0, 0.1) is 11.3 Å². The number of nitrogens with zero attached hydrogens (tertiary/aromatic N) is 1. The maximum Gasteiger partial charge on any atom is 0.0271 e. The second-order valence-corrected chi connectivity index (χ2v) is 7.43. The Kier molecular flexibility index (Phi) is 4.38. The summed E-state index contributed by atoms with van der Waals surface area (Å²) in [4.78, 5) is 2.81. The molecule has 4 unspecified atom stereocenters. The fourth-order valence-electron chi connectivity index (χ4n) is 4.47. The SMILES string of the molecule is CNC1C(N2CCC(C)CC2C)CCCC1(C)C. The van der Waals surface area contributed by atoms with Gasteiger partial charge in [-0.1, -0.05) is 27.2 Å². The summed E-state index contributed by atoms with van der Waals surface area (Å²) in [6.45, 7) is 11.0. The third-order valence-corrected chi connectivity index (χ3v) is 5.47. The van der Waals surface area contributed by atoms with E-state index in [0.29, 0.717) is 11.5 Å². The maximum absolute atomic E-state index is 3.63. The van der Waals surface area contributed by atoms with Gasteiger partial charge in [0.05, 0.1) is 0 Å². The quantitative estimate of drug-likeness (QED) is 0.811. The Hall–Kier alpha value is -0.0800. The van der Waals surface area contributed by atoms with Gasteiger partial charge >= 0.3 is 0 Å². The molecular formula is C16H32N2. The third kappa shape index (κ3) is 2.75. The Bertz CT molecular complexity index is 274. The molecule has 1 heterocycles. The van der Waals surface area contributed by atoms with Crippen LogP contribution in [0.1, 0.15) is 59.8 Å². The first-order valence-corrected chi connectivity index (χ1v) is 7.88. The van der Waals surface area contributed by atoms with E-state index in [-0.39, 0.29) is 0 Å². The van der Waals surface area contributed by atoms with E-state index >= 15 is 0 Å². The molecule has 0 amide bonds. The van der Waals surface area contributed by atoms with Crippen LogP contribution >= 0.6 is 0 Å². The molecule has 0 aromatic carbocycles. The zero-order valence-electron chi connectivity index (χ0n) is 13.0. The zero-order chi connectivity index (χ0) is 13.3. The minimum atomic E-state index is 0.445. The van der Waals surface area contributed by atoms with Crippen molar-refractivity contribution in [2.45, 2.75) is 77.9 Å². The van der Waals surface area contributed by atoms with Gasteiger partial charge in [0.15, 0.2) is 0 Å². The zero-order valence-corrected chi connectivity index (χ0v) is 13.0. The Morgan fingerprint density at radius 2 is 1.89 bits per heavy atom. The van der Waals surface area contributed by atoms with Gasteiger partial charge in [0.1, 0.15) is 0 Å². The highest BCUT2D eigenvalue weighted by molar-refractivity contribution is 4.99. The van der Waals surface area contributed by atoms with Crippen molar-refractivity contribution < 1.29 is 0 Å². The van der Waals surface area contributed by atoms with Crippen LogP contribution in [0.4, 0.5) is 0 Å². The highest BCUT2D eigenvalue weighted by Crippen LogP contribution is 2.39. The lowest BCUT2D eigenvalue weighted by atomic mass is 9.69. The van der Waals surface area contributed by atoms with Gasteiger partial charge in [-0.25, -0.2) is 0 Å². The van der Waals surface area contributed by atoms with Gasteiger partial charge in [-0.15, -0.1) is 0 Å². The van der Waals surface area contributed by atoms with Crippen LogP contribution < -0.4 is 5.32 Å². The van der Waals surface area contributed by atoms with Gasteiger partial charge in [0.25, 0.3) is 0 Å². The predicted octanol–water partition coefficient (Wildman–Crippen LogP) is 3.27. The first-order chi connectivity index (χ1) is 8.45. The third-order valence-electron chi connectivity index (χ3n) is 5.47. The van der Waals surface area contributed by atoms with E-state index in [1.165, 1.54) is 38.6 Å². The summed E-state index contributed by atoms with van der Waals surface area (Å²) in [6.07, 6.45) is 6.92. The molecule has 18 heavy (non-hydrogen) atoms. The minimum absolute atomic E-state index is 0.445. The van der Waals surface area contributed by atoms with E-state index in [0.717, 1.165) is 18.0 Å². The monoisotopic (exact) mass is 252 g/mol. The van der Waals surface area contributed by atoms with Crippen LogP contribution in [-0.4, -0.2) is 36.6 Å². The molecule has 0 bridgehead atoms. The molecule has 1 aliphatic carbocycles.